The zero-order chi connectivity index (χ0) is 34.6. The lowest BCUT2D eigenvalue weighted by Crippen LogP contribution is -2.30. The molecule has 0 heterocycles. The molecule has 1 aromatic rings. The maximum atomic E-state index is 13.1. The number of allylic oxidation sites excluding steroid dienone is 7. The zero-order valence-corrected chi connectivity index (χ0v) is 27.5. The Morgan fingerprint density at radius 2 is 1.47 bits per heavy atom. The number of carbonyl (C=O) groups excluding carboxylic acids is 1. The number of aliphatic carboxylic acids is 1. The molecule has 0 aromatic heterocycles. The van der Waals surface area contributed by atoms with Crippen LogP contribution in [0, 0.1) is 0 Å². The van der Waals surface area contributed by atoms with Crippen LogP contribution in [-0.2, 0) is 39.2 Å². The van der Waals surface area contributed by atoms with Crippen molar-refractivity contribution in [1.82, 2.24) is 0 Å². The highest BCUT2D eigenvalue weighted by Crippen LogP contribution is 2.38. The fraction of sp³-hybridized carbons (Fsp3) is 0.414. The summed E-state index contributed by atoms with van der Waals surface area (Å²) in [5.74, 6) is -2.61. The summed E-state index contributed by atoms with van der Waals surface area (Å²) in [6.45, 7) is 1.12. The minimum Gasteiger partial charge on any atom is -0.871 e. The van der Waals surface area contributed by atoms with Crippen molar-refractivity contribution in [1.29, 1.82) is 0 Å². The minimum atomic E-state index is -4.41. The Morgan fingerprint density at radius 3 is 2.04 bits per heavy atom. The van der Waals surface area contributed by atoms with Gasteiger partial charge in [-0.25, -0.2) is 21.4 Å². The summed E-state index contributed by atoms with van der Waals surface area (Å²) >= 11 is 0.804. The molecule has 18 heteroatoms. The number of rotatable bonds is 20. The predicted molar refractivity (Wildman–Crippen MR) is 165 cm³/mol. The normalized spacial score (nSPS) is 15.0. The summed E-state index contributed by atoms with van der Waals surface area (Å²) in [6.07, 6.45) is 7.34. The van der Waals surface area contributed by atoms with Gasteiger partial charge in [0.25, 0.3) is 0 Å². The second-order valence-electron chi connectivity index (χ2n) is 10.5. The van der Waals surface area contributed by atoms with Gasteiger partial charge < -0.3 is 29.5 Å². The van der Waals surface area contributed by atoms with Crippen molar-refractivity contribution in [2.24, 2.45) is 0 Å². The van der Waals surface area contributed by atoms with E-state index in [9.17, 15) is 45.9 Å². The van der Waals surface area contributed by atoms with E-state index in [0.717, 1.165) is 12.0 Å². The van der Waals surface area contributed by atoms with Gasteiger partial charge in [-0.3, -0.25) is 14.6 Å². The van der Waals surface area contributed by atoms with Gasteiger partial charge in [-0.2, -0.15) is 4.33 Å². The lowest BCUT2D eigenvalue weighted by molar-refractivity contribution is -0.777. The second kappa shape index (κ2) is 17.7. The molecule has 0 unspecified atom stereocenters. The molecule has 1 N–H and O–H groups in total. The van der Waals surface area contributed by atoms with Gasteiger partial charge in [0.2, 0.25) is 0 Å². The van der Waals surface area contributed by atoms with Crippen LogP contribution >= 0.6 is 12.0 Å². The number of carboxylic acids is 1. The number of Topliss-reactive ketones (excluding diaryl/α,β-unsaturated/α-hetero) is 1. The van der Waals surface area contributed by atoms with E-state index in [1.165, 1.54) is 0 Å². The van der Waals surface area contributed by atoms with Gasteiger partial charge in [0.1, 0.15) is 13.1 Å². The number of hydrogen-bond acceptors (Lipinski definition) is 14. The monoisotopic (exact) mass is 713 g/mol. The van der Waals surface area contributed by atoms with Crippen LogP contribution in [0.5, 0.6) is 0 Å². The summed E-state index contributed by atoms with van der Waals surface area (Å²) in [4.78, 5) is 25.8. The van der Waals surface area contributed by atoms with Crippen LogP contribution in [0.3, 0.4) is 0 Å². The summed E-state index contributed by atoms with van der Waals surface area (Å²) in [5, 5.41) is 35.3. The number of nitrogens with zero attached hydrogens (tertiary/aromatic N) is 2. The van der Waals surface area contributed by atoms with Crippen LogP contribution in [0.15, 0.2) is 65.5 Å². The largest absolute Gasteiger partial charge is 0.871 e. The number of hydrogen-bond donors (Lipinski definition) is 1. The van der Waals surface area contributed by atoms with Gasteiger partial charge in [-0.05, 0) is 48.3 Å². The van der Waals surface area contributed by atoms with E-state index in [4.69, 9.17) is 5.11 Å². The molecule has 0 saturated heterocycles. The first kappa shape index (κ1) is 38.1. The molecule has 3 rings (SSSR count). The second-order valence-corrected chi connectivity index (χ2v) is 14.3. The molecule has 0 fully saturated rings. The number of carbonyl (C=O) groups is 2. The molecule has 1 aromatic carbocycles. The molecule has 0 spiro atoms. The van der Waals surface area contributed by atoms with Crippen molar-refractivity contribution in [3.63, 3.8) is 0 Å². The van der Waals surface area contributed by atoms with Crippen molar-refractivity contribution in [3.8, 4) is 0 Å². The van der Waals surface area contributed by atoms with E-state index in [2.05, 4.69) is 9.37 Å². The predicted octanol–water partition coefficient (Wildman–Crippen LogP) is 0.0204. The van der Waals surface area contributed by atoms with Gasteiger partial charge >= 0.3 is 5.97 Å². The molecule has 0 saturated carbocycles. The van der Waals surface area contributed by atoms with Crippen molar-refractivity contribution >= 4 is 61.0 Å². The Balaban J connectivity index is 1.77. The molecule has 15 nitrogen and oxygen atoms in total. The Morgan fingerprint density at radius 1 is 0.872 bits per heavy atom. The van der Waals surface area contributed by atoms with Gasteiger partial charge in [0.15, 0.2) is 11.5 Å². The van der Waals surface area contributed by atoms with Gasteiger partial charge in [0, 0.05) is 90.6 Å². The highest BCUT2D eigenvalue weighted by molar-refractivity contribution is 7.94. The highest BCUT2D eigenvalue weighted by Gasteiger charge is 2.30. The summed E-state index contributed by atoms with van der Waals surface area (Å²) in [7, 11) is -8.81. The summed E-state index contributed by atoms with van der Waals surface area (Å²) in [6, 6.07) is 6.41. The lowest BCUT2D eigenvalue weighted by atomic mass is 9.80. The van der Waals surface area contributed by atoms with Crippen LogP contribution in [-0.4, -0.2) is 96.5 Å². The first-order valence-corrected chi connectivity index (χ1v) is 18.5. The smallest absolute Gasteiger partial charge is 0.303 e. The lowest BCUT2D eigenvalue weighted by Gasteiger charge is -2.32. The van der Waals surface area contributed by atoms with E-state index >= 15 is 0 Å². The van der Waals surface area contributed by atoms with Gasteiger partial charge in [-0.15, -0.1) is 0 Å². The van der Waals surface area contributed by atoms with Crippen molar-refractivity contribution in [2.45, 2.75) is 32.1 Å². The number of anilines is 1. The Labute approximate surface area is 276 Å². The van der Waals surface area contributed by atoms with Crippen molar-refractivity contribution in [3.05, 3.63) is 71.0 Å². The van der Waals surface area contributed by atoms with Crippen LogP contribution in [0.2, 0.25) is 0 Å². The Bertz CT molecular complexity index is 1660. The molecule has 0 radical (unpaired) electrons. The maximum absolute atomic E-state index is 13.1. The van der Waals surface area contributed by atoms with Crippen LogP contribution in [0.1, 0.15) is 37.7 Å². The molecule has 0 atom stereocenters. The van der Waals surface area contributed by atoms with Gasteiger partial charge in [0.05, 0.1) is 20.2 Å². The highest BCUT2D eigenvalue weighted by atomic mass is 32.2. The van der Waals surface area contributed by atoms with E-state index in [1.54, 1.807) is 53.5 Å². The molecule has 0 bridgehead atoms. The van der Waals surface area contributed by atoms with E-state index < -0.39 is 49.3 Å². The molecule has 47 heavy (non-hydrogen) atoms. The molecule has 258 valence electrons. The van der Waals surface area contributed by atoms with Crippen molar-refractivity contribution < 1.29 is 64.9 Å². The van der Waals surface area contributed by atoms with E-state index in [0.29, 0.717) is 41.3 Å². The SMILES string of the molecule is O=C(O)CCCN(CCCS(=O)(=O)[O-])c1ccc(C2=C([O-])C(=C3C=CC(=[N+](CCCSOO[O-])CCCS(=O)(=O)[O-])C=C3)C2=O)cc1. The van der Waals surface area contributed by atoms with E-state index in [1.807, 2.05) is 4.58 Å². The van der Waals surface area contributed by atoms with Crippen LogP contribution < -0.4 is 15.3 Å². The molecular formula is C29H33N2O13S3-3. The fourth-order valence-corrected chi connectivity index (χ4v) is 6.31. The maximum Gasteiger partial charge on any atom is 0.303 e. The van der Waals surface area contributed by atoms with E-state index in [-0.39, 0.29) is 56.5 Å². The standard InChI is InChI=1S/C29H36N2O13S3/c32-25(33)5-1-14-30(16-3-19-46(37,38)39)23-10-6-21(7-11-23)26-28(34)27(29(26)35)22-8-12-24(13-9-22)31(15-2-18-45-44-43-36)17-4-20-47(40,41)42/h6-13H,1-5,14-20H2,(H4-,32,33,34,35,36,37,38,39,40,41,42)/p-3. The zero-order valence-electron chi connectivity index (χ0n) is 25.1. The number of benzene rings is 1. The summed E-state index contributed by atoms with van der Waals surface area (Å²) in [5.41, 5.74) is 2.02. The Hall–Kier alpha value is -3.36. The minimum absolute atomic E-state index is 0.0000871. The van der Waals surface area contributed by atoms with Crippen LogP contribution in [0.4, 0.5) is 5.69 Å². The average molecular weight is 714 g/mol. The molecule has 0 amide bonds. The molecule has 0 aliphatic heterocycles. The Kier molecular flexibility index (Phi) is 14.3. The third kappa shape index (κ3) is 12.3. The average Bonchev–Trinajstić information content (AvgIpc) is 2.99. The third-order valence-electron chi connectivity index (χ3n) is 7.15. The first-order valence-electron chi connectivity index (χ1n) is 14.4. The fourth-order valence-electron chi connectivity index (χ4n) is 4.99. The number of carboxylic acid groups (broad SMARTS) is 1. The topological polar surface area (TPSA) is 240 Å². The molecular weight excluding hydrogens is 681 g/mol. The van der Waals surface area contributed by atoms with Crippen LogP contribution in [0.25, 0.3) is 5.57 Å². The number of ketones is 1. The quantitative estimate of drug-likeness (QED) is 0.0356. The molecule has 2 aliphatic rings. The third-order valence-corrected chi connectivity index (χ3v) is 9.33. The summed E-state index contributed by atoms with van der Waals surface area (Å²) < 4.78 is 72.3. The molecule has 2 aliphatic carbocycles. The first-order chi connectivity index (χ1) is 22.2. The van der Waals surface area contributed by atoms with Crippen molar-refractivity contribution in [2.75, 3.05) is 48.3 Å². The van der Waals surface area contributed by atoms with Gasteiger partial charge in [-0.1, -0.05) is 17.9 Å².